The van der Waals surface area contributed by atoms with Crippen molar-refractivity contribution in [3.8, 4) is 0 Å². The number of nitrogens with one attached hydrogen (secondary N) is 1. The Morgan fingerprint density at radius 1 is 1.64 bits per heavy atom. The van der Waals surface area contributed by atoms with E-state index in [4.69, 9.17) is 9.15 Å². The van der Waals surface area contributed by atoms with Crippen molar-refractivity contribution in [2.75, 3.05) is 13.7 Å². The topological polar surface area (TPSA) is 34.4 Å². The van der Waals surface area contributed by atoms with Crippen LogP contribution in [0.1, 0.15) is 17.7 Å². The molecule has 1 aromatic rings. The van der Waals surface area contributed by atoms with Gasteiger partial charge in [-0.25, -0.2) is 0 Å². The van der Waals surface area contributed by atoms with Gasteiger partial charge in [0.15, 0.2) is 0 Å². The average molecular weight is 195 g/mol. The van der Waals surface area contributed by atoms with Crippen LogP contribution in [0.25, 0.3) is 0 Å². The van der Waals surface area contributed by atoms with Crippen LogP contribution in [0.3, 0.4) is 0 Å². The monoisotopic (exact) mass is 195 g/mol. The molecule has 0 atom stereocenters. The van der Waals surface area contributed by atoms with Crippen LogP contribution in [0.15, 0.2) is 29.4 Å². The van der Waals surface area contributed by atoms with Crippen LogP contribution in [0, 0.1) is 0 Å². The summed E-state index contributed by atoms with van der Waals surface area (Å²) in [5.41, 5.74) is 1.16. The fraction of sp³-hybridized carbons (Fsp3) is 0.455. The molecule has 0 aliphatic carbocycles. The van der Waals surface area contributed by atoms with Crippen molar-refractivity contribution in [3.63, 3.8) is 0 Å². The van der Waals surface area contributed by atoms with Crippen molar-refractivity contribution in [2.45, 2.75) is 19.6 Å². The van der Waals surface area contributed by atoms with Crippen molar-refractivity contribution in [3.05, 3.63) is 36.3 Å². The first kappa shape index (κ1) is 11.0. The Morgan fingerprint density at radius 2 is 2.50 bits per heavy atom. The van der Waals surface area contributed by atoms with Crippen LogP contribution in [-0.2, 0) is 17.9 Å². The lowest BCUT2D eigenvalue weighted by Gasteiger charge is -2.02. The molecule has 3 nitrogen and oxygen atoms in total. The highest BCUT2D eigenvalue weighted by Gasteiger charge is 2.04. The maximum Gasteiger partial charge on any atom is 0.133 e. The fourth-order valence-corrected chi connectivity index (χ4v) is 1.17. The van der Waals surface area contributed by atoms with Crippen molar-refractivity contribution in [2.24, 2.45) is 0 Å². The fourth-order valence-electron chi connectivity index (χ4n) is 1.17. The number of furan rings is 1. The molecule has 0 bridgehead atoms. The van der Waals surface area contributed by atoms with E-state index in [1.807, 2.05) is 19.2 Å². The van der Waals surface area contributed by atoms with E-state index in [0.717, 1.165) is 24.3 Å². The summed E-state index contributed by atoms with van der Waals surface area (Å²) >= 11 is 0. The van der Waals surface area contributed by atoms with Gasteiger partial charge < -0.3 is 14.5 Å². The van der Waals surface area contributed by atoms with Gasteiger partial charge in [-0.3, -0.25) is 0 Å². The molecule has 0 aliphatic rings. The lowest BCUT2D eigenvalue weighted by atomic mass is 10.2. The summed E-state index contributed by atoms with van der Waals surface area (Å²) in [5, 5.41) is 3.08. The van der Waals surface area contributed by atoms with E-state index in [2.05, 4.69) is 11.9 Å². The molecule has 0 unspecified atom stereocenters. The third-order valence-electron chi connectivity index (χ3n) is 1.90. The van der Waals surface area contributed by atoms with Gasteiger partial charge in [-0.15, -0.1) is 6.58 Å². The molecule has 78 valence electrons. The van der Waals surface area contributed by atoms with Crippen molar-refractivity contribution in [1.82, 2.24) is 5.32 Å². The molecule has 0 saturated heterocycles. The molecule has 0 aliphatic heterocycles. The number of ether oxygens (including phenoxy) is 1. The SMILES string of the molecule is C=CCCOCc1occc1CNC. The predicted octanol–water partition coefficient (Wildman–Crippen LogP) is 2.09. The molecule has 1 N–H and O–H groups in total. The van der Waals surface area contributed by atoms with Gasteiger partial charge >= 0.3 is 0 Å². The second kappa shape index (κ2) is 6.40. The van der Waals surface area contributed by atoms with Crippen LogP contribution in [0.4, 0.5) is 0 Å². The Kier molecular flexibility index (Phi) is 5.04. The standard InChI is InChI=1S/C11H17NO2/c1-3-4-6-13-9-11-10(8-12-2)5-7-14-11/h3,5,7,12H,1,4,6,8-9H2,2H3. The highest BCUT2D eigenvalue weighted by atomic mass is 16.5. The van der Waals surface area contributed by atoms with E-state index in [9.17, 15) is 0 Å². The molecule has 0 spiro atoms. The van der Waals surface area contributed by atoms with E-state index in [-0.39, 0.29) is 0 Å². The highest BCUT2D eigenvalue weighted by Crippen LogP contribution is 2.11. The minimum atomic E-state index is 0.540. The average Bonchev–Trinajstić information content (AvgIpc) is 2.61. The summed E-state index contributed by atoms with van der Waals surface area (Å²) in [7, 11) is 1.91. The summed E-state index contributed by atoms with van der Waals surface area (Å²) in [5.74, 6) is 0.906. The molecule has 0 amide bonds. The smallest absolute Gasteiger partial charge is 0.133 e. The summed E-state index contributed by atoms with van der Waals surface area (Å²) in [6.45, 7) is 5.68. The highest BCUT2D eigenvalue weighted by molar-refractivity contribution is 5.15. The number of hydrogen-bond donors (Lipinski definition) is 1. The van der Waals surface area contributed by atoms with Gasteiger partial charge in [-0.2, -0.15) is 0 Å². The number of rotatable bonds is 7. The quantitative estimate of drug-likeness (QED) is 0.534. The van der Waals surface area contributed by atoms with E-state index >= 15 is 0 Å². The Labute approximate surface area is 84.8 Å². The van der Waals surface area contributed by atoms with Gasteiger partial charge in [-0.05, 0) is 19.5 Å². The second-order valence-electron chi connectivity index (χ2n) is 3.03. The Morgan fingerprint density at radius 3 is 3.21 bits per heavy atom. The molecule has 0 fully saturated rings. The second-order valence-corrected chi connectivity index (χ2v) is 3.03. The first-order chi connectivity index (χ1) is 6.88. The summed E-state index contributed by atoms with van der Waals surface area (Å²) in [6, 6.07) is 1.96. The van der Waals surface area contributed by atoms with E-state index in [0.29, 0.717) is 13.2 Å². The zero-order valence-corrected chi connectivity index (χ0v) is 8.58. The molecule has 14 heavy (non-hydrogen) atoms. The van der Waals surface area contributed by atoms with Crippen molar-refractivity contribution in [1.29, 1.82) is 0 Å². The van der Waals surface area contributed by atoms with Gasteiger partial charge in [-0.1, -0.05) is 6.08 Å². The van der Waals surface area contributed by atoms with Crippen molar-refractivity contribution < 1.29 is 9.15 Å². The first-order valence-corrected chi connectivity index (χ1v) is 4.77. The van der Waals surface area contributed by atoms with Gasteiger partial charge in [0.1, 0.15) is 12.4 Å². The maximum atomic E-state index is 5.41. The van der Waals surface area contributed by atoms with Gasteiger partial charge in [0.05, 0.1) is 12.9 Å². The molecule has 3 heteroatoms. The largest absolute Gasteiger partial charge is 0.467 e. The molecule has 1 heterocycles. The normalized spacial score (nSPS) is 10.4. The minimum Gasteiger partial charge on any atom is -0.467 e. The Balaban J connectivity index is 2.33. The summed E-state index contributed by atoms with van der Waals surface area (Å²) < 4.78 is 10.7. The van der Waals surface area contributed by atoms with Gasteiger partial charge in [0.2, 0.25) is 0 Å². The minimum absolute atomic E-state index is 0.540. The molecule has 0 aromatic carbocycles. The molecule has 0 radical (unpaired) electrons. The lowest BCUT2D eigenvalue weighted by Crippen LogP contribution is -2.06. The van der Waals surface area contributed by atoms with E-state index in [1.165, 1.54) is 0 Å². The maximum absolute atomic E-state index is 5.41. The third kappa shape index (κ3) is 3.36. The Hall–Kier alpha value is -1.06. The zero-order chi connectivity index (χ0) is 10.2. The summed E-state index contributed by atoms with van der Waals surface area (Å²) in [4.78, 5) is 0. The van der Waals surface area contributed by atoms with Crippen LogP contribution < -0.4 is 5.32 Å². The molecular weight excluding hydrogens is 178 g/mol. The number of hydrogen-bond acceptors (Lipinski definition) is 3. The lowest BCUT2D eigenvalue weighted by molar-refractivity contribution is 0.109. The van der Waals surface area contributed by atoms with E-state index in [1.54, 1.807) is 6.26 Å². The van der Waals surface area contributed by atoms with Crippen LogP contribution in [0.5, 0.6) is 0 Å². The van der Waals surface area contributed by atoms with Gasteiger partial charge in [0.25, 0.3) is 0 Å². The predicted molar refractivity (Wildman–Crippen MR) is 55.9 cm³/mol. The van der Waals surface area contributed by atoms with Crippen LogP contribution in [0.2, 0.25) is 0 Å². The molecule has 0 saturated carbocycles. The van der Waals surface area contributed by atoms with Crippen LogP contribution >= 0.6 is 0 Å². The Bertz CT molecular complexity index is 268. The first-order valence-electron chi connectivity index (χ1n) is 4.77. The molecule has 1 aromatic heterocycles. The third-order valence-corrected chi connectivity index (χ3v) is 1.90. The molecular formula is C11H17NO2. The van der Waals surface area contributed by atoms with E-state index < -0.39 is 0 Å². The zero-order valence-electron chi connectivity index (χ0n) is 8.58. The summed E-state index contributed by atoms with van der Waals surface area (Å²) in [6.07, 6.45) is 4.41. The van der Waals surface area contributed by atoms with Crippen LogP contribution in [-0.4, -0.2) is 13.7 Å². The van der Waals surface area contributed by atoms with Crippen molar-refractivity contribution >= 4 is 0 Å². The molecule has 1 rings (SSSR count). The van der Waals surface area contributed by atoms with Gasteiger partial charge in [0, 0.05) is 12.1 Å².